The minimum Gasteiger partial charge on any atom is -0.294 e. The van der Waals surface area contributed by atoms with Crippen LogP contribution in [0.5, 0.6) is 0 Å². The summed E-state index contributed by atoms with van der Waals surface area (Å²) in [4.78, 5) is 11.8. The molecular formula is C17H14Br2O. The lowest BCUT2D eigenvalue weighted by atomic mass is 10.1. The average molecular weight is 394 g/mol. The number of allylic oxidation sites excluding steroid dienone is 1. The summed E-state index contributed by atoms with van der Waals surface area (Å²) < 4.78 is 0. The molecule has 3 heteroatoms. The Balaban J connectivity index is 2.04. The van der Waals surface area contributed by atoms with Crippen LogP contribution in [0.25, 0.3) is 6.08 Å². The first-order valence-electron chi connectivity index (χ1n) is 6.28. The Labute approximate surface area is 136 Å². The molecule has 0 spiro atoms. The van der Waals surface area contributed by atoms with Crippen LogP contribution in [-0.2, 0) is 4.79 Å². The van der Waals surface area contributed by atoms with Gasteiger partial charge in [0.15, 0.2) is 5.78 Å². The lowest BCUT2D eigenvalue weighted by Gasteiger charge is -2.14. The molecule has 0 saturated heterocycles. The Morgan fingerprint density at radius 2 is 1.45 bits per heavy atom. The van der Waals surface area contributed by atoms with Crippen molar-refractivity contribution < 1.29 is 4.79 Å². The Morgan fingerprint density at radius 3 is 2.05 bits per heavy atom. The maximum Gasteiger partial charge on any atom is 0.170 e. The van der Waals surface area contributed by atoms with Gasteiger partial charge in [0.25, 0.3) is 0 Å². The van der Waals surface area contributed by atoms with Gasteiger partial charge in [-0.2, -0.15) is 0 Å². The molecule has 0 aliphatic heterocycles. The van der Waals surface area contributed by atoms with Crippen molar-refractivity contribution in [3.8, 4) is 0 Å². The number of halogens is 2. The van der Waals surface area contributed by atoms with Gasteiger partial charge in [0.2, 0.25) is 0 Å². The minimum atomic E-state index is -0.287. The van der Waals surface area contributed by atoms with Crippen LogP contribution in [-0.4, -0.2) is 10.6 Å². The normalized spacial score (nSPS) is 14.1. The van der Waals surface area contributed by atoms with E-state index < -0.39 is 0 Å². The summed E-state index contributed by atoms with van der Waals surface area (Å²) in [5.41, 5.74) is 2.10. The molecule has 2 aromatic carbocycles. The van der Waals surface area contributed by atoms with E-state index in [1.165, 1.54) is 0 Å². The van der Waals surface area contributed by atoms with E-state index >= 15 is 0 Å². The zero-order valence-corrected chi connectivity index (χ0v) is 13.9. The molecule has 0 fully saturated rings. The number of benzene rings is 2. The predicted molar refractivity (Wildman–Crippen MR) is 91.3 cm³/mol. The number of rotatable bonds is 5. The van der Waals surface area contributed by atoms with Crippen molar-refractivity contribution >= 4 is 43.7 Å². The van der Waals surface area contributed by atoms with Crippen LogP contribution in [0.4, 0.5) is 0 Å². The molecule has 0 aromatic heterocycles. The number of carbonyl (C=O) groups is 1. The molecule has 2 aromatic rings. The van der Waals surface area contributed by atoms with Crippen molar-refractivity contribution in [2.75, 3.05) is 0 Å². The second kappa shape index (κ2) is 7.55. The smallest absolute Gasteiger partial charge is 0.170 e. The number of hydrogen-bond acceptors (Lipinski definition) is 1. The Kier molecular flexibility index (Phi) is 5.74. The van der Waals surface area contributed by atoms with E-state index in [4.69, 9.17) is 0 Å². The first kappa shape index (κ1) is 15.2. The molecule has 20 heavy (non-hydrogen) atoms. The van der Waals surface area contributed by atoms with Gasteiger partial charge in [-0.05, 0) is 17.2 Å². The van der Waals surface area contributed by atoms with E-state index in [9.17, 15) is 4.79 Å². The van der Waals surface area contributed by atoms with Gasteiger partial charge in [-0.3, -0.25) is 4.79 Å². The summed E-state index contributed by atoms with van der Waals surface area (Å²) >= 11 is 7.05. The van der Waals surface area contributed by atoms with Crippen LogP contribution < -0.4 is 0 Å². The van der Waals surface area contributed by atoms with Gasteiger partial charge in [-0.15, -0.1) is 0 Å². The van der Waals surface area contributed by atoms with E-state index in [-0.39, 0.29) is 15.4 Å². The lowest BCUT2D eigenvalue weighted by molar-refractivity contribution is -0.113. The molecule has 0 unspecified atom stereocenters. The van der Waals surface area contributed by atoms with Crippen molar-refractivity contribution in [3.63, 3.8) is 0 Å². The van der Waals surface area contributed by atoms with Crippen LogP contribution in [0.2, 0.25) is 0 Å². The highest BCUT2D eigenvalue weighted by Gasteiger charge is 2.22. The molecule has 2 atom stereocenters. The second-order valence-corrected chi connectivity index (χ2v) is 6.33. The Morgan fingerprint density at radius 1 is 0.900 bits per heavy atom. The molecule has 0 aliphatic carbocycles. The SMILES string of the molecule is O=C(/C=C\c1ccccc1)[C@@H](Br)[C@H](Br)c1ccccc1. The summed E-state index contributed by atoms with van der Waals surface area (Å²) in [6.07, 6.45) is 3.45. The minimum absolute atomic E-state index is 0.0413. The summed E-state index contributed by atoms with van der Waals surface area (Å²) in [7, 11) is 0. The van der Waals surface area contributed by atoms with Crippen molar-refractivity contribution in [1.29, 1.82) is 0 Å². The van der Waals surface area contributed by atoms with Gasteiger partial charge in [0.1, 0.15) is 0 Å². The van der Waals surface area contributed by atoms with Crippen molar-refractivity contribution in [2.45, 2.75) is 9.65 Å². The molecular weight excluding hydrogens is 380 g/mol. The van der Waals surface area contributed by atoms with Gasteiger partial charge in [-0.25, -0.2) is 0 Å². The van der Waals surface area contributed by atoms with Crippen LogP contribution in [0.1, 0.15) is 16.0 Å². The van der Waals surface area contributed by atoms with E-state index in [0.29, 0.717) is 0 Å². The van der Waals surface area contributed by atoms with Crippen LogP contribution in [0, 0.1) is 0 Å². The highest BCUT2D eigenvalue weighted by atomic mass is 79.9. The molecule has 1 nitrogen and oxygen atoms in total. The van der Waals surface area contributed by atoms with Gasteiger partial charge >= 0.3 is 0 Å². The third-order valence-corrected chi connectivity index (χ3v) is 5.63. The fourth-order valence-electron chi connectivity index (χ4n) is 1.78. The van der Waals surface area contributed by atoms with Crippen molar-refractivity contribution in [1.82, 2.24) is 0 Å². The van der Waals surface area contributed by atoms with Gasteiger partial charge < -0.3 is 0 Å². The largest absolute Gasteiger partial charge is 0.294 e. The first-order valence-corrected chi connectivity index (χ1v) is 8.11. The van der Waals surface area contributed by atoms with Crippen LogP contribution >= 0.6 is 31.9 Å². The maximum absolute atomic E-state index is 12.2. The fraction of sp³-hybridized carbons (Fsp3) is 0.118. The van der Waals surface area contributed by atoms with Crippen LogP contribution in [0.3, 0.4) is 0 Å². The van der Waals surface area contributed by atoms with E-state index in [0.717, 1.165) is 11.1 Å². The van der Waals surface area contributed by atoms with Crippen molar-refractivity contribution in [3.05, 3.63) is 77.9 Å². The van der Waals surface area contributed by atoms with Gasteiger partial charge in [-0.1, -0.05) is 98.6 Å². The standard InChI is InChI=1S/C17H14Br2O/c18-16(14-9-5-2-6-10-14)17(19)15(20)12-11-13-7-3-1-4-8-13/h1-12,16-17H/b12-11-/t16-,17-/m1/s1. The molecule has 0 radical (unpaired) electrons. The van der Waals surface area contributed by atoms with Crippen molar-refractivity contribution in [2.24, 2.45) is 0 Å². The molecule has 0 aliphatic rings. The van der Waals surface area contributed by atoms with E-state index in [1.807, 2.05) is 66.7 Å². The third-order valence-electron chi connectivity index (χ3n) is 2.89. The topological polar surface area (TPSA) is 17.1 Å². The molecule has 0 N–H and O–H groups in total. The molecule has 0 bridgehead atoms. The fourth-order valence-corrected chi connectivity index (χ4v) is 2.81. The lowest BCUT2D eigenvalue weighted by Crippen LogP contribution is -2.16. The first-order chi connectivity index (χ1) is 9.68. The summed E-state index contributed by atoms with van der Waals surface area (Å²) in [5.74, 6) is 0.0413. The molecule has 0 heterocycles. The third kappa shape index (κ3) is 4.15. The Hall–Kier alpha value is -1.19. The highest BCUT2D eigenvalue weighted by Crippen LogP contribution is 2.31. The molecule has 2 rings (SSSR count). The predicted octanol–water partition coefficient (Wildman–Crippen LogP) is 5.17. The number of alkyl halides is 2. The monoisotopic (exact) mass is 392 g/mol. The van der Waals surface area contributed by atoms with E-state index in [2.05, 4.69) is 31.9 Å². The summed E-state index contributed by atoms with van der Waals surface area (Å²) in [6, 6.07) is 19.7. The summed E-state index contributed by atoms with van der Waals surface area (Å²) in [5, 5.41) is 0. The zero-order valence-electron chi connectivity index (χ0n) is 10.7. The van der Waals surface area contributed by atoms with Gasteiger partial charge in [0.05, 0.1) is 9.65 Å². The zero-order chi connectivity index (χ0) is 14.4. The number of carbonyl (C=O) groups excluding carboxylic acids is 1. The quantitative estimate of drug-likeness (QED) is 0.505. The highest BCUT2D eigenvalue weighted by molar-refractivity contribution is 9.12. The molecule has 0 amide bonds. The Bertz CT molecular complexity index is 578. The average Bonchev–Trinajstić information content (AvgIpc) is 2.53. The number of hydrogen-bond donors (Lipinski definition) is 0. The molecule has 102 valence electrons. The molecule has 0 saturated carbocycles. The second-order valence-electron chi connectivity index (χ2n) is 4.36. The number of ketones is 1. The van der Waals surface area contributed by atoms with E-state index in [1.54, 1.807) is 6.08 Å². The van der Waals surface area contributed by atoms with Gasteiger partial charge in [0, 0.05) is 0 Å². The summed E-state index contributed by atoms with van der Waals surface area (Å²) in [6.45, 7) is 0. The van der Waals surface area contributed by atoms with Crippen LogP contribution in [0.15, 0.2) is 66.7 Å². The maximum atomic E-state index is 12.2.